The molecule has 0 atom stereocenters. The summed E-state index contributed by atoms with van der Waals surface area (Å²) in [5, 5.41) is 3.33. The molecule has 5 nitrogen and oxygen atoms in total. The van der Waals surface area contributed by atoms with Crippen LogP contribution < -0.4 is 10.1 Å². The average molecular weight is 350 g/mol. The largest absolute Gasteiger partial charge is 0.494 e. The first-order chi connectivity index (χ1) is 11.6. The number of unbranched alkanes of at least 4 members (excludes halogenated alkanes) is 2. The molecule has 1 N–H and O–H groups in total. The lowest BCUT2D eigenvalue weighted by Crippen LogP contribution is -2.51. The zero-order chi connectivity index (χ0) is 17.4. The van der Waals surface area contributed by atoms with Gasteiger partial charge in [0, 0.05) is 31.7 Å². The van der Waals surface area contributed by atoms with E-state index in [9.17, 15) is 4.79 Å². The van der Waals surface area contributed by atoms with Crippen molar-refractivity contribution in [2.24, 2.45) is 0 Å². The highest BCUT2D eigenvalue weighted by molar-refractivity contribution is 7.80. The predicted octanol–water partition coefficient (Wildman–Crippen LogP) is 2.52. The topological polar surface area (TPSA) is 44.8 Å². The van der Waals surface area contributed by atoms with Crippen molar-refractivity contribution >= 4 is 23.2 Å². The Balaban J connectivity index is 1.80. The molecule has 2 rings (SSSR count). The van der Waals surface area contributed by atoms with Crippen LogP contribution in [0.5, 0.6) is 5.75 Å². The summed E-state index contributed by atoms with van der Waals surface area (Å²) in [5.41, 5.74) is 0.590. The minimum absolute atomic E-state index is 0.170. The van der Waals surface area contributed by atoms with Crippen LogP contribution in [-0.2, 0) is 0 Å². The molecule has 1 aliphatic rings. The van der Waals surface area contributed by atoms with Crippen LogP contribution in [0.15, 0.2) is 24.3 Å². The van der Waals surface area contributed by atoms with Crippen molar-refractivity contribution in [2.75, 3.05) is 39.8 Å². The van der Waals surface area contributed by atoms with Gasteiger partial charge in [-0.2, -0.15) is 0 Å². The number of likely N-dealkylation sites (N-methyl/N-ethyl adjacent to an activating group) is 1. The molecule has 0 unspecified atom stereocenters. The van der Waals surface area contributed by atoms with Crippen molar-refractivity contribution in [3.63, 3.8) is 0 Å². The maximum Gasteiger partial charge on any atom is 0.257 e. The Bertz CT molecular complexity index is 540. The molecular weight excluding hydrogens is 322 g/mol. The van der Waals surface area contributed by atoms with Crippen LogP contribution in [0.4, 0.5) is 0 Å². The molecular formula is C18H27N3O2S. The lowest BCUT2D eigenvalue weighted by molar-refractivity contribution is 0.0970. The van der Waals surface area contributed by atoms with E-state index >= 15 is 0 Å². The minimum Gasteiger partial charge on any atom is -0.494 e. The van der Waals surface area contributed by atoms with Crippen molar-refractivity contribution in [1.29, 1.82) is 0 Å². The molecule has 1 heterocycles. The predicted molar refractivity (Wildman–Crippen MR) is 101 cm³/mol. The van der Waals surface area contributed by atoms with Crippen LogP contribution in [0.25, 0.3) is 0 Å². The Morgan fingerprint density at radius 3 is 2.46 bits per heavy atom. The molecule has 1 aromatic carbocycles. The zero-order valence-electron chi connectivity index (χ0n) is 14.6. The first-order valence-corrected chi connectivity index (χ1v) is 9.02. The van der Waals surface area contributed by atoms with Gasteiger partial charge >= 0.3 is 0 Å². The number of nitrogens with zero attached hydrogens (tertiary/aromatic N) is 2. The van der Waals surface area contributed by atoms with Crippen LogP contribution in [-0.4, -0.2) is 60.7 Å². The maximum atomic E-state index is 12.3. The second-order valence-electron chi connectivity index (χ2n) is 6.13. The van der Waals surface area contributed by atoms with Crippen LogP contribution in [0.3, 0.4) is 0 Å². The van der Waals surface area contributed by atoms with E-state index in [1.165, 1.54) is 12.8 Å². The molecule has 132 valence electrons. The molecule has 24 heavy (non-hydrogen) atoms. The standard InChI is InChI=1S/C18H27N3O2S/c1-3-4-5-14-23-16-8-6-15(7-9-16)17(22)19-18(24)21-12-10-20(2)11-13-21/h6-9H,3-5,10-14H2,1-2H3,(H,19,22,24). The molecule has 0 spiro atoms. The molecule has 1 aromatic rings. The minimum atomic E-state index is -0.170. The smallest absolute Gasteiger partial charge is 0.257 e. The second kappa shape index (κ2) is 9.59. The Morgan fingerprint density at radius 2 is 1.83 bits per heavy atom. The first-order valence-electron chi connectivity index (χ1n) is 8.62. The van der Waals surface area contributed by atoms with E-state index in [2.05, 4.69) is 24.2 Å². The maximum absolute atomic E-state index is 12.3. The van der Waals surface area contributed by atoms with Gasteiger partial charge in [-0.3, -0.25) is 10.1 Å². The van der Waals surface area contributed by atoms with Gasteiger partial charge in [-0.25, -0.2) is 0 Å². The highest BCUT2D eigenvalue weighted by atomic mass is 32.1. The molecule has 1 aliphatic heterocycles. The van der Waals surface area contributed by atoms with Crippen LogP contribution in [0.1, 0.15) is 36.5 Å². The fraction of sp³-hybridized carbons (Fsp3) is 0.556. The van der Waals surface area contributed by atoms with Gasteiger partial charge in [0.15, 0.2) is 5.11 Å². The monoisotopic (exact) mass is 349 g/mol. The van der Waals surface area contributed by atoms with Crippen LogP contribution in [0.2, 0.25) is 0 Å². The summed E-state index contributed by atoms with van der Waals surface area (Å²) in [6.45, 7) is 6.49. The molecule has 0 radical (unpaired) electrons. The van der Waals surface area contributed by atoms with E-state index in [4.69, 9.17) is 17.0 Å². The number of rotatable bonds is 6. The molecule has 0 saturated carbocycles. The van der Waals surface area contributed by atoms with Crippen molar-refractivity contribution in [3.8, 4) is 5.75 Å². The molecule has 1 fully saturated rings. The van der Waals surface area contributed by atoms with Gasteiger partial charge < -0.3 is 14.5 Å². The molecule has 0 aromatic heterocycles. The summed E-state index contributed by atoms with van der Waals surface area (Å²) in [6, 6.07) is 7.22. The molecule has 1 saturated heterocycles. The molecule has 0 bridgehead atoms. The third-order valence-corrected chi connectivity index (χ3v) is 4.50. The van der Waals surface area contributed by atoms with E-state index in [0.29, 0.717) is 17.3 Å². The number of thiocarbonyl (C=S) groups is 1. The van der Waals surface area contributed by atoms with Crippen LogP contribution >= 0.6 is 12.2 Å². The third-order valence-electron chi connectivity index (χ3n) is 4.14. The van der Waals surface area contributed by atoms with Gasteiger partial charge in [0.2, 0.25) is 0 Å². The van der Waals surface area contributed by atoms with E-state index in [1.807, 2.05) is 17.0 Å². The molecule has 1 amide bonds. The fourth-order valence-corrected chi connectivity index (χ4v) is 2.78. The first kappa shape index (κ1) is 18.7. The lowest BCUT2D eigenvalue weighted by atomic mass is 10.2. The number of amides is 1. The highest BCUT2D eigenvalue weighted by Crippen LogP contribution is 2.13. The van der Waals surface area contributed by atoms with E-state index in [1.54, 1.807) is 12.1 Å². The quantitative estimate of drug-likeness (QED) is 0.632. The van der Waals surface area contributed by atoms with Gasteiger partial charge in [-0.1, -0.05) is 19.8 Å². The number of ether oxygens (including phenoxy) is 1. The number of hydrogen-bond donors (Lipinski definition) is 1. The number of benzene rings is 1. The third kappa shape index (κ3) is 5.76. The van der Waals surface area contributed by atoms with Gasteiger partial charge in [0.25, 0.3) is 5.91 Å². The van der Waals surface area contributed by atoms with Gasteiger partial charge in [0.05, 0.1) is 6.61 Å². The zero-order valence-corrected chi connectivity index (χ0v) is 15.4. The summed E-state index contributed by atoms with van der Waals surface area (Å²) in [5.74, 6) is 0.626. The number of piperazine rings is 1. The lowest BCUT2D eigenvalue weighted by Gasteiger charge is -2.33. The van der Waals surface area contributed by atoms with E-state index in [0.717, 1.165) is 38.3 Å². The Hall–Kier alpha value is -1.66. The number of carbonyl (C=O) groups excluding carboxylic acids is 1. The van der Waals surface area contributed by atoms with Crippen molar-refractivity contribution < 1.29 is 9.53 Å². The van der Waals surface area contributed by atoms with Crippen LogP contribution in [0, 0.1) is 0 Å². The van der Waals surface area contributed by atoms with E-state index < -0.39 is 0 Å². The number of carbonyl (C=O) groups is 1. The Kier molecular flexibility index (Phi) is 7.46. The van der Waals surface area contributed by atoms with Gasteiger partial charge in [-0.15, -0.1) is 0 Å². The Labute approximate surface area is 150 Å². The summed E-state index contributed by atoms with van der Waals surface area (Å²) < 4.78 is 5.66. The second-order valence-corrected chi connectivity index (χ2v) is 6.52. The summed E-state index contributed by atoms with van der Waals surface area (Å²) in [4.78, 5) is 16.6. The average Bonchev–Trinajstić information content (AvgIpc) is 2.59. The highest BCUT2D eigenvalue weighted by Gasteiger charge is 2.18. The van der Waals surface area contributed by atoms with E-state index in [-0.39, 0.29) is 5.91 Å². The Morgan fingerprint density at radius 1 is 1.17 bits per heavy atom. The fourth-order valence-electron chi connectivity index (χ4n) is 2.50. The number of hydrogen-bond acceptors (Lipinski definition) is 4. The van der Waals surface area contributed by atoms with Crippen molar-refractivity contribution in [1.82, 2.24) is 15.1 Å². The van der Waals surface area contributed by atoms with Gasteiger partial charge in [-0.05, 0) is 50.0 Å². The molecule has 6 heteroatoms. The number of nitrogens with one attached hydrogen (secondary N) is 1. The molecule has 0 aliphatic carbocycles. The summed E-state index contributed by atoms with van der Waals surface area (Å²) in [6.07, 6.45) is 3.40. The normalized spacial score (nSPS) is 15.2. The van der Waals surface area contributed by atoms with Crippen molar-refractivity contribution in [3.05, 3.63) is 29.8 Å². The van der Waals surface area contributed by atoms with Crippen molar-refractivity contribution in [2.45, 2.75) is 26.2 Å². The summed E-state index contributed by atoms with van der Waals surface area (Å²) in [7, 11) is 2.09. The van der Waals surface area contributed by atoms with Gasteiger partial charge in [0.1, 0.15) is 5.75 Å². The summed E-state index contributed by atoms with van der Waals surface area (Å²) >= 11 is 5.35. The SMILES string of the molecule is CCCCCOc1ccc(C(=O)NC(=S)N2CCN(C)CC2)cc1.